The minimum absolute atomic E-state index is 0.256. The van der Waals surface area contributed by atoms with Gasteiger partial charge in [0.1, 0.15) is 48.8 Å². The summed E-state index contributed by atoms with van der Waals surface area (Å²) in [4.78, 5) is 13.2. The van der Waals surface area contributed by atoms with Crippen molar-refractivity contribution in [2.24, 2.45) is 0 Å². The predicted molar refractivity (Wildman–Crippen MR) is 281 cm³/mol. The molecule has 0 radical (unpaired) electrons. The molecule has 0 aromatic carbocycles. The van der Waals surface area contributed by atoms with Gasteiger partial charge in [0.15, 0.2) is 12.6 Å². The van der Waals surface area contributed by atoms with Crippen molar-refractivity contribution in [2.75, 3.05) is 19.8 Å². The summed E-state index contributed by atoms with van der Waals surface area (Å²) in [6, 6.07) is -0.938. The van der Waals surface area contributed by atoms with Crippen LogP contribution in [0.1, 0.15) is 213 Å². The zero-order valence-corrected chi connectivity index (χ0v) is 44.2. The Morgan fingerprint density at radius 1 is 0.493 bits per heavy atom. The van der Waals surface area contributed by atoms with E-state index in [1.807, 2.05) is 6.08 Å². The van der Waals surface area contributed by atoms with Crippen LogP contribution in [0.4, 0.5) is 0 Å². The molecule has 0 aromatic heterocycles. The number of carbonyl (C=O) groups excluding carboxylic acids is 1. The van der Waals surface area contributed by atoms with E-state index in [1.54, 1.807) is 6.08 Å². The van der Waals surface area contributed by atoms with Crippen LogP contribution in [-0.4, -0.2) is 140 Å². The number of aliphatic hydroxyl groups excluding tert-OH is 8. The van der Waals surface area contributed by atoms with Gasteiger partial charge in [-0.25, -0.2) is 0 Å². The number of aliphatic hydroxyl groups is 8. The largest absolute Gasteiger partial charge is 0.394 e. The molecule has 2 rings (SSSR count). The van der Waals surface area contributed by atoms with Crippen LogP contribution in [0.2, 0.25) is 0 Å². The maximum atomic E-state index is 13.2. The van der Waals surface area contributed by atoms with Gasteiger partial charge >= 0.3 is 0 Å². The van der Waals surface area contributed by atoms with E-state index in [-0.39, 0.29) is 18.9 Å². The second kappa shape index (κ2) is 43.2. The van der Waals surface area contributed by atoms with Crippen molar-refractivity contribution >= 4 is 5.91 Å². The summed E-state index contributed by atoms with van der Waals surface area (Å²) >= 11 is 0. The molecule has 14 nitrogen and oxygen atoms in total. The molecule has 2 aliphatic rings. The zero-order valence-electron chi connectivity index (χ0n) is 44.2. The zero-order chi connectivity index (χ0) is 51.7. The lowest BCUT2D eigenvalue weighted by Crippen LogP contribution is -2.65. The van der Waals surface area contributed by atoms with E-state index in [1.165, 1.54) is 135 Å². The van der Waals surface area contributed by atoms with Gasteiger partial charge in [-0.15, -0.1) is 0 Å². The second-order valence-electron chi connectivity index (χ2n) is 20.0. The van der Waals surface area contributed by atoms with Crippen LogP contribution in [0.5, 0.6) is 0 Å². The molecule has 0 bridgehead atoms. The molecule has 12 atom stereocenters. The number of allylic oxidation sites excluding steroid dienone is 7. The third-order valence-corrected chi connectivity index (χ3v) is 13.7. The summed E-state index contributed by atoms with van der Waals surface area (Å²) in [7, 11) is 0. The standard InChI is InChI=1S/C57H103NO13/c1-3-5-7-9-11-13-15-17-19-21-22-23-24-25-27-29-31-33-35-37-39-41-49(62)58-45(46(61)40-38-36-34-32-30-28-26-20-18-16-14-12-10-8-6-4-2)44-68-56-54(67)52(65)55(48(43-60)70-56)71-57-53(66)51(64)50(63)47(42-59)69-57/h18,20-22,30,32,38,40,45-48,50-57,59-61,63-67H,3-17,19,23-29,31,33-37,39,41-44H2,1-2H3,(H,58,62)/b20-18+,22-21-,32-30+,40-38+. The smallest absolute Gasteiger partial charge is 0.220 e. The van der Waals surface area contributed by atoms with Crippen LogP contribution >= 0.6 is 0 Å². The highest BCUT2D eigenvalue weighted by molar-refractivity contribution is 5.76. The molecule has 0 saturated carbocycles. The molecular weight excluding hydrogens is 907 g/mol. The first kappa shape index (κ1) is 65.1. The SMILES string of the molecule is CCCCCCCC/C=C/CC/C=C/CC/C=C/C(O)C(COC1OC(CO)C(OC2OC(CO)C(O)C(O)C2O)C(O)C1O)NC(=O)CCCCCCCCCCC/C=C\CCCCCCCCCC. The molecule has 2 heterocycles. The number of hydrogen-bond donors (Lipinski definition) is 9. The van der Waals surface area contributed by atoms with Gasteiger partial charge in [-0.1, -0.05) is 184 Å². The molecule has 9 N–H and O–H groups in total. The van der Waals surface area contributed by atoms with E-state index >= 15 is 0 Å². The van der Waals surface area contributed by atoms with Crippen LogP contribution in [0.3, 0.4) is 0 Å². The highest BCUT2D eigenvalue weighted by atomic mass is 16.7. The molecular formula is C57H103NO13. The van der Waals surface area contributed by atoms with E-state index in [9.17, 15) is 45.6 Å². The molecule has 0 aliphatic carbocycles. The lowest BCUT2D eigenvalue weighted by atomic mass is 9.97. The van der Waals surface area contributed by atoms with Crippen molar-refractivity contribution in [3.8, 4) is 0 Å². The number of ether oxygens (including phenoxy) is 4. The van der Waals surface area contributed by atoms with Gasteiger partial charge in [-0.05, 0) is 70.6 Å². The minimum atomic E-state index is -1.79. The van der Waals surface area contributed by atoms with E-state index in [2.05, 4.69) is 55.6 Å². The quantitative estimate of drug-likeness (QED) is 0.0206. The fourth-order valence-electron chi connectivity index (χ4n) is 9.08. The molecule has 2 fully saturated rings. The van der Waals surface area contributed by atoms with Crippen molar-refractivity contribution < 1.29 is 64.6 Å². The van der Waals surface area contributed by atoms with E-state index < -0.39 is 86.8 Å². The summed E-state index contributed by atoms with van der Waals surface area (Å²) in [5.41, 5.74) is 0. The van der Waals surface area contributed by atoms with Crippen LogP contribution in [0, 0.1) is 0 Å². The number of carbonyl (C=O) groups is 1. The molecule has 71 heavy (non-hydrogen) atoms. The molecule has 1 amide bonds. The highest BCUT2D eigenvalue weighted by Crippen LogP contribution is 2.30. The topological polar surface area (TPSA) is 228 Å². The number of rotatable bonds is 44. The van der Waals surface area contributed by atoms with Crippen LogP contribution < -0.4 is 5.32 Å². The molecule has 14 heteroatoms. The maximum Gasteiger partial charge on any atom is 0.220 e. The van der Waals surface area contributed by atoms with Gasteiger partial charge in [0.05, 0.1) is 32.0 Å². The summed E-state index contributed by atoms with van der Waals surface area (Å²) in [5, 5.41) is 86.9. The fraction of sp³-hybridized carbons (Fsp3) is 0.842. The third kappa shape index (κ3) is 29.6. The van der Waals surface area contributed by atoms with Crippen molar-refractivity contribution in [1.82, 2.24) is 5.32 Å². The normalized spacial score (nSPS) is 26.1. The Labute approximate surface area is 429 Å². The summed E-state index contributed by atoms with van der Waals surface area (Å²) in [6.07, 6.45) is 35.8. The molecule has 414 valence electrons. The Hall–Kier alpha value is -2.05. The first-order valence-electron chi connectivity index (χ1n) is 28.4. The lowest BCUT2D eigenvalue weighted by molar-refractivity contribution is -0.359. The van der Waals surface area contributed by atoms with Gasteiger partial charge in [0, 0.05) is 6.42 Å². The fourth-order valence-corrected chi connectivity index (χ4v) is 9.08. The average molecular weight is 1010 g/mol. The second-order valence-corrected chi connectivity index (χ2v) is 20.0. The molecule has 2 saturated heterocycles. The van der Waals surface area contributed by atoms with E-state index in [4.69, 9.17) is 18.9 Å². The van der Waals surface area contributed by atoms with Crippen LogP contribution in [0.15, 0.2) is 48.6 Å². The summed E-state index contributed by atoms with van der Waals surface area (Å²) in [6.45, 7) is 2.76. The first-order chi connectivity index (χ1) is 34.6. The summed E-state index contributed by atoms with van der Waals surface area (Å²) in [5.74, 6) is -0.256. The molecule has 2 aliphatic heterocycles. The Morgan fingerprint density at radius 3 is 1.38 bits per heavy atom. The Kier molecular flexibility index (Phi) is 39.6. The van der Waals surface area contributed by atoms with Crippen molar-refractivity contribution in [1.29, 1.82) is 0 Å². The Bertz CT molecular complexity index is 1380. The maximum absolute atomic E-state index is 13.2. The average Bonchev–Trinajstić information content (AvgIpc) is 3.37. The Morgan fingerprint density at radius 2 is 0.901 bits per heavy atom. The highest BCUT2D eigenvalue weighted by Gasteiger charge is 2.51. The number of unbranched alkanes of at least 4 members (excludes halogenated alkanes) is 25. The molecule has 0 spiro atoms. The van der Waals surface area contributed by atoms with Crippen molar-refractivity contribution in [3.05, 3.63) is 48.6 Å². The first-order valence-corrected chi connectivity index (χ1v) is 28.4. The number of nitrogens with one attached hydrogen (secondary N) is 1. The van der Waals surface area contributed by atoms with Crippen molar-refractivity contribution in [3.63, 3.8) is 0 Å². The molecule has 12 unspecified atom stereocenters. The monoisotopic (exact) mass is 1010 g/mol. The van der Waals surface area contributed by atoms with Gasteiger partial charge < -0.3 is 65.1 Å². The van der Waals surface area contributed by atoms with Crippen LogP contribution in [0.25, 0.3) is 0 Å². The Balaban J connectivity index is 1.81. The third-order valence-electron chi connectivity index (χ3n) is 13.7. The number of hydrogen-bond acceptors (Lipinski definition) is 13. The van der Waals surface area contributed by atoms with E-state index in [0.717, 1.165) is 44.9 Å². The minimum Gasteiger partial charge on any atom is -0.394 e. The van der Waals surface area contributed by atoms with Gasteiger partial charge in [-0.3, -0.25) is 4.79 Å². The lowest BCUT2D eigenvalue weighted by Gasteiger charge is -2.46. The van der Waals surface area contributed by atoms with Gasteiger partial charge in [0.25, 0.3) is 0 Å². The van der Waals surface area contributed by atoms with Crippen LogP contribution in [-0.2, 0) is 23.7 Å². The van der Waals surface area contributed by atoms with Gasteiger partial charge in [-0.2, -0.15) is 0 Å². The van der Waals surface area contributed by atoms with E-state index in [0.29, 0.717) is 12.8 Å². The summed E-state index contributed by atoms with van der Waals surface area (Å²) < 4.78 is 22.7. The predicted octanol–water partition coefficient (Wildman–Crippen LogP) is 8.83. The number of amides is 1. The molecule has 0 aromatic rings. The van der Waals surface area contributed by atoms with Crippen molar-refractivity contribution in [2.45, 2.75) is 286 Å². The van der Waals surface area contributed by atoms with Gasteiger partial charge in [0.2, 0.25) is 5.91 Å².